The van der Waals surface area contributed by atoms with Gasteiger partial charge in [-0.1, -0.05) is 13.8 Å². The molecule has 1 aliphatic rings. The van der Waals surface area contributed by atoms with Crippen LogP contribution in [0.25, 0.3) is 0 Å². The van der Waals surface area contributed by atoms with E-state index in [1.807, 2.05) is 13.8 Å². The van der Waals surface area contributed by atoms with Crippen molar-refractivity contribution in [2.75, 3.05) is 13.2 Å². The standard InChI is InChI=1S/C15H21NO4/c1-3-10(4-2)16-15(18)9-19-11-5-6-12-13(17)8-20-14(12)7-11/h5-7,10,13,17H,3-4,8-9H2,1-2H3,(H,16,18). The average molecular weight is 279 g/mol. The van der Waals surface area contributed by atoms with Gasteiger partial charge in [0.15, 0.2) is 6.61 Å². The molecule has 2 N–H and O–H groups in total. The lowest BCUT2D eigenvalue weighted by atomic mass is 10.1. The van der Waals surface area contributed by atoms with Crippen molar-refractivity contribution in [3.8, 4) is 11.5 Å². The van der Waals surface area contributed by atoms with E-state index in [0.717, 1.165) is 18.4 Å². The van der Waals surface area contributed by atoms with Crippen LogP contribution in [0.1, 0.15) is 38.4 Å². The molecule has 5 nitrogen and oxygen atoms in total. The molecule has 1 aliphatic heterocycles. The maximum atomic E-state index is 11.7. The van der Waals surface area contributed by atoms with Crippen molar-refractivity contribution < 1.29 is 19.4 Å². The highest BCUT2D eigenvalue weighted by Gasteiger charge is 2.22. The molecule has 0 spiro atoms. The van der Waals surface area contributed by atoms with Crippen LogP contribution in [0.4, 0.5) is 0 Å². The molecule has 0 saturated carbocycles. The topological polar surface area (TPSA) is 67.8 Å². The summed E-state index contributed by atoms with van der Waals surface area (Å²) in [6.07, 6.45) is 1.25. The van der Waals surface area contributed by atoms with Gasteiger partial charge in [0.2, 0.25) is 0 Å². The summed E-state index contributed by atoms with van der Waals surface area (Å²) in [6, 6.07) is 5.41. The number of fused-ring (bicyclic) bond motifs is 1. The van der Waals surface area contributed by atoms with E-state index >= 15 is 0 Å². The van der Waals surface area contributed by atoms with Crippen LogP contribution in [-0.4, -0.2) is 30.3 Å². The van der Waals surface area contributed by atoms with E-state index < -0.39 is 6.10 Å². The van der Waals surface area contributed by atoms with Gasteiger partial charge in [-0.15, -0.1) is 0 Å². The fourth-order valence-electron chi connectivity index (χ4n) is 2.17. The molecule has 0 bridgehead atoms. The van der Waals surface area contributed by atoms with Crippen molar-refractivity contribution in [3.05, 3.63) is 23.8 Å². The number of carbonyl (C=O) groups excluding carboxylic acids is 1. The first-order chi connectivity index (χ1) is 9.63. The minimum atomic E-state index is -0.572. The number of nitrogens with one attached hydrogen (secondary N) is 1. The number of hydrogen-bond acceptors (Lipinski definition) is 4. The van der Waals surface area contributed by atoms with Gasteiger partial charge >= 0.3 is 0 Å². The predicted octanol–water partition coefficient (Wildman–Crippen LogP) is 1.80. The van der Waals surface area contributed by atoms with E-state index in [1.54, 1.807) is 18.2 Å². The third kappa shape index (κ3) is 3.42. The molecule has 1 heterocycles. The quantitative estimate of drug-likeness (QED) is 0.833. The molecular formula is C15H21NO4. The van der Waals surface area contributed by atoms with Crippen LogP contribution in [0, 0.1) is 0 Å². The number of aliphatic hydroxyl groups excluding tert-OH is 1. The van der Waals surface area contributed by atoms with Crippen LogP contribution in [0.15, 0.2) is 18.2 Å². The molecule has 110 valence electrons. The lowest BCUT2D eigenvalue weighted by molar-refractivity contribution is -0.123. The van der Waals surface area contributed by atoms with Crippen molar-refractivity contribution in [1.29, 1.82) is 0 Å². The summed E-state index contributed by atoms with van der Waals surface area (Å²) in [5, 5.41) is 12.5. The summed E-state index contributed by atoms with van der Waals surface area (Å²) in [7, 11) is 0. The Bertz CT molecular complexity index is 471. The first-order valence-corrected chi connectivity index (χ1v) is 7.01. The van der Waals surface area contributed by atoms with Crippen LogP contribution in [0.2, 0.25) is 0 Å². The largest absolute Gasteiger partial charge is 0.490 e. The Balaban J connectivity index is 1.87. The number of hydrogen-bond donors (Lipinski definition) is 2. The van der Waals surface area contributed by atoms with Crippen LogP contribution in [0.3, 0.4) is 0 Å². The molecule has 1 aromatic rings. The minimum Gasteiger partial charge on any atom is -0.490 e. The van der Waals surface area contributed by atoms with Gasteiger partial charge in [0, 0.05) is 17.7 Å². The van der Waals surface area contributed by atoms with Gasteiger partial charge in [-0.25, -0.2) is 0 Å². The molecule has 0 fully saturated rings. The molecule has 20 heavy (non-hydrogen) atoms. The number of carbonyl (C=O) groups is 1. The van der Waals surface area contributed by atoms with Crippen LogP contribution < -0.4 is 14.8 Å². The zero-order chi connectivity index (χ0) is 14.5. The normalized spacial score (nSPS) is 16.7. The zero-order valence-electron chi connectivity index (χ0n) is 11.9. The van der Waals surface area contributed by atoms with Gasteiger partial charge in [0.05, 0.1) is 0 Å². The Hall–Kier alpha value is -1.75. The number of benzene rings is 1. The number of rotatable bonds is 6. The SMILES string of the molecule is CCC(CC)NC(=O)COc1ccc2c(c1)OCC2O. The molecule has 1 aromatic carbocycles. The van der Waals surface area contributed by atoms with Gasteiger partial charge in [-0.3, -0.25) is 4.79 Å². The summed E-state index contributed by atoms with van der Waals surface area (Å²) in [6.45, 7) is 4.34. The Morgan fingerprint density at radius 3 is 2.95 bits per heavy atom. The van der Waals surface area contributed by atoms with E-state index in [4.69, 9.17) is 9.47 Å². The van der Waals surface area contributed by atoms with Crippen molar-refractivity contribution >= 4 is 5.91 Å². The first kappa shape index (κ1) is 14.7. The van der Waals surface area contributed by atoms with Gasteiger partial charge in [0.1, 0.15) is 24.2 Å². The summed E-state index contributed by atoms with van der Waals surface area (Å²) < 4.78 is 10.8. The maximum absolute atomic E-state index is 11.7. The molecule has 1 unspecified atom stereocenters. The lowest BCUT2D eigenvalue weighted by Crippen LogP contribution is -2.37. The Kier molecular flexibility index (Phi) is 4.84. The Morgan fingerprint density at radius 2 is 2.25 bits per heavy atom. The summed E-state index contributed by atoms with van der Waals surface area (Å²) in [5.74, 6) is 1.06. The molecule has 0 aromatic heterocycles. The second-order valence-corrected chi connectivity index (χ2v) is 4.90. The van der Waals surface area contributed by atoms with E-state index in [9.17, 15) is 9.90 Å². The first-order valence-electron chi connectivity index (χ1n) is 7.01. The molecule has 5 heteroatoms. The van der Waals surface area contributed by atoms with Crippen molar-refractivity contribution in [2.45, 2.75) is 38.8 Å². The lowest BCUT2D eigenvalue weighted by Gasteiger charge is -2.15. The molecular weight excluding hydrogens is 258 g/mol. The minimum absolute atomic E-state index is 0.0160. The Morgan fingerprint density at radius 1 is 1.50 bits per heavy atom. The number of amides is 1. The van der Waals surface area contributed by atoms with Crippen molar-refractivity contribution in [1.82, 2.24) is 5.32 Å². The van der Waals surface area contributed by atoms with Gasteiger partial charge < -0.3 is 19.9 Å². The van der Waals surface area contributed by atoms with Gasteiger partial charge in [0.25, 0.3) is 5.91 Å². The number of ether oxygens (including phenoxy) is 2. The maximum Gasteiger partial charge on any atom is 0.258 e. The second-order valence-electron chi connectivity index (χ2n) is 4.90. The van der Waals surface area contributed by atoms with E-state index in [0.29, 0.717) is 11.5 Å². The highest BCUT2D eigenvalue weighted by molar-refractivity contribution is 5.77. The van der Waals surface area contributed by atoms with Crippen LogP contribution >= 0.6 is 0 Å². The third-order valence-corrected chi connectivity index (χ3v) is 3.46. The van der Waals surface area contributed by atoms with E-state index in [2.05, 4.69) is 5.32 Å². The third-order valence-electron chi connectivity index (χ3n) is 3.46. The zero-order valence-corrected chi connectivity index (χ0v) is 11.9. The van der Waals surface area contributed by atoms with Crippen LogP contribution in [-0.2, 0) is 4.79 Å². The van der Waals surface area contributed by atoms with Crippen molar-refractivity contribution in [3.63, 3.8) is 0 Å². The molecule has 0 aliphatic carbocycles. The van der Waals surface area contributed by atoms with Gasteiger partial charge in [-0.2, -0.15) is 0 Å². The smallest absolute Gasteiger partial charge is 0.258 e. The summed E-state index contributed by atoms with van der Waals surface area (Å²) >= 11 is 0. The fraction of sp³-hybridized carbons (Fsp3) is 0.533. The fourth-order valence-corrected chi connectivity index (χ4v) is 2.17. The van der Waals surface area contributed by atoms with E-state index in [1.165, 1.54) is 0 Å². The monoisotopic (exact) mass is 279 g/mol. The van der Waals surface area contributed by atoms with Crippen LogP contribution in [0.5, 0.6) is 11.5 Å². The predicted molar refractivity (Wildman–Crippen MR) is 74.9 cm³/mol. The Labute approximate surface area is 118 Å². The second kappa shape index (κ2) is 6.61. The molecule has 1 amide bonds. The molecule has 0 radical (unpaired) electrons. The van der Waals surface area contributed by atoms with Crippen molar-refractivity contribution in [2.24, 2.45) is 0 Å². The highest BCUT2D eigenvalue weighted by atomic mass is 16.5. The molecule has 2 rings (SSSR count). The number of aliphatic hydroxyl groups is 1. The molecule has 0 saturated heterocycles. The average Bonchev–Trinajstić information content (AvgIpc) is 2.83. The summed E-state index contributed by atoms with van der Waals surface area (Å²) in [5.41, 5.74) is 0.763. The van der Waals surface area contributed by atoms with E-state index in [-0.39, 0.29) is 25.2 Å². The molecule has 1 atom stereocenters. The summed E-state index contributed by atoms with van der Waals surface area (Å²) in [4.78, 5) is 11.7. The highest BCUT2D eigenvalue weighted by Crippen LogP contribution is 2.34. The van der Waals surface area contributed by atoms with Gasteiger partial charge in [-0.05, 0) is 25.0 Å².